The van der Waals surface area contributed by atoms with Crippen molar-refractivity contribution in [1.29, 1.82) is 0 Å². The third kappa shape index (κ3) is 12.7. The molecule has 2 N–H and O–H groups in total. The van der Waals surface area contributed by atoms with E-state index in [1.54, 1.807) is 26.8 Å². The van der Waals surface area contributed by atoms with Crippen molar-refractivity contribution in [3.05, 3.63) is 23.8 Å². The quantitative estimate of drug-likeness (QED) is 0.169. The van der Waals surface area contributed by atoms with E-state index in [4.69, 9.17) is 34.2 Å². The van der Waals surface area contributed by atoms with Gasteiger partial charge in [-0.3, -0.25) is 9.59 Å². The maximum atomic E-state index is 12.7. The molecule has 2 atom stereocenters. The van der Waals surface area contributed by atoms with Crippen LogP contribution in [0.4, 0.5) is 9.59 Å². The highest BCUT2D eigenvalue weighted by Gasteiger charge is 2.38. The van der Waals surface area contributed by atoms with E-state index in [0.717, 1.165) is 0 Å². The Morgan fingerprint density at radius 3 is 1.82 bits per heavy atom. The summed E-state index contributed by atoms with van der Waals surface area (Å²) >= 11 is 0. The van der Waals surface area contributed by atoms with Gasteiger partial charge in [0.15, 0.2) is 11.5 Å². The maximum Gasteiger partial charge on any atom is 0.513 e. The first-order valence-electron chi connectivity index (χ1n) is 13.6. The van der Waals surface area contributed by atoms with Crippen LogP contribution in [0.25, 0.3) is 0 Å². The van der Waals surface area contributed by atoms with Crippen molar-refractivity contribution < 1.29 is 47.6 Å². The number of hydrogen-bond acceptors (Lipinski definition) is 11. The molecule has 0 aromatic heterocycles. The van der Waals surface area contributed by atoms with Crippen LogP contribution in [0, 0.1) is 17.8 Å². The van der Waals surface area contributed by atoms with Gasteiger partial charge in [0.1, 0.15) is 11.6 Å². The molecule has 226 valence electrons. The summed E-state index contributed by atoms with van der Waals surface area (Å²) in [4.78, 5) is 49.3. The Balaban J connectivity index is 3.20. The fourth-order valence-electron chi connectivity index (χ4n) is 3.51. The van der Waals surface area contributed by atoms with Gasteiger partial charge in [0, 0.05) is 12.8 Å². The fraction of sp³-hybridized carbons (Fsp3) is 0.655. The smallest absolute Gasteiger partial charge is 0.468 e. The summed E-state index contributed by atoms with van der Waals surface area (Å²) in [7, 11) is 1.21. The lowest BCUT2D eigenvalue weighted by molar-refractivity contribution is -0.157. The first-order chi connectivity index (χ1) is 18.7. The second kappa shape index (κ2) is 16.7. The number of hydrogen-bond donors (Lipinski definition) is 1. The van der Waals surface area contributed by atoms with Gasteiger partial charge in [-0.25, -0.2) is 9.59 Å². The van der Waals surface area contributed by atoms with Crippen LogP contribution >= 0.6 is 0 Å². The van der Waals surface area contributed by atoms with Gasteiger partial charge in [-0.05, 0) is 49.3 Å². The Labute approximate surface area is 236 Å². The zero-order valence-corrected chi connectivity index (χ0v) is 24.9. The number of carbonyl (C=O) groups excluding carboxylic acids is 4. The lowest BCUT2D eigenvalue weighted by Crippen LogP contribution is -2.53. The van der Waals surface area contributed by atoms with Crippen molar-refractivity contribution in [2.75, 3.05) is 20.3 Å². The van der Waals surface area contributed by atoms with Gasteiger partial charge in [0.2, 0.25) is 0 Å². The first kappa shape index (κ1) is 34.7. The largest absolute Gasteiger partial charge is 0.513 e. The normalized spacial score (nSPS) is 13.4. The highest BCUT2D eigenvalue weighted by Crippen LogP contribution is 2.32. The summed E-state index contributed by atoms with van der Waals surface area (Å²) in [5.74, 6) is -1.06. The van der Waals surface area contributed by atoms with Gasteiger partial charge in [0.25, 0.3) is 0 Å². The molecular formula is C29H45NO10. The highest BCUT2D eigenvalue weighted by atomic mass is 16.7. The number of ether oxygens (including phenoxy) is 6. The van der Waals surface area contributed by atoms with E-state index in [9.17, 15) is 19.2 Å². The van der Waals surface area contributed by atoms with Crippen molar-refractivity contribution >= 4 is 24.2 Å². The van der Waals surface area contributed by atoms with Crippen LogP contribution in [-0.2, 0) is 35.0 Å². The van der Waals surface area contributed by atoms with E-state index >= 15 is 0 Å². The Bertz CT molecular complexity index is 991. The maximum absolute atomic E-state index is 12.7. The van der Waals surface area contributed by atoms with E-state index in [1.165, 1.54) is 19.2 Å². The topological polar surface area (TPSA) is 150 Å². The third-order valence-electron chi connectivity index (χ3n) is 5.78. The van der Waals surface area contributed by atoms with Crippen LogP contribution in [0.5, 0.6) is 11.5 Å². The highest BCUT2D eigenvalue weighted by molar-refractivity contribution is 5.81. The Kier molecular flexibility index (Phi) is 14.5. The second-order valence-corrected chi connectivity index (χ2v) is 11.0. The predicted octanol–water partition coefficient (Wildman–Crippen LogP) is 5.20. The summed E-state index contributed by atoms with van der Waals surface area (Å²) < 4.78 is 31.2. The van der Waals surface area contributed by atoms with Gasteiger partial charge in [-0.1, -0.05) is 47.6 Å². The number of rotatable bonds is 15. The van der Waals surface area contributed by atoms with Gasteiger partial charge < -0.3 is 34.2 Å². The summed E-state index contributed by atoms with van der Waals surface area (Å²) in [6.07, 6.45) is -1.46. The summed E-state index contributed by atoms with van der Waals surface area (Å²) in [5, 5.41) is 0. The van der Waals surface area contributed by atoms with E-state index in [-0.39, 0.29) is 43.5 Å². The van der Waals surface area contributed by atoms with Crippen LogP contribution < -0.4 is 15.2 Å². The minimum absolute atomic E-state index is 0.0357. The molecular weight excluding hydrogens is 522 g/mol. The SMILES string of the molecule is COC(=O)[C@](N)(Cc1ccc(OC(=O)OCCC(C)C)c(OC(=O)OCCC(C)C)c1)CC(C)OC(=O)C(C)C. The van der Waals surface area contributed by atoms with Crippen molar-refractivity contribution in [3.8, 4) is 11.5 Å². The third-order valence-corrected chi connectivity index (χ3v) is 5.78. The molecule has 0 aliphatic heterocycles. The molecule has 0 radical (unpaired) electrons. The zero-order chi connectivity index (χ0) is 30.5. The van der Waals surface area contributed by atoms with Gasteiger partial charge in [-0.15, -0.1) is 0 Å². The first-order valence-corrected chi connectivity index (χ1v) is 13.6. The van der Waals surface area contributed by atoms with Gasteiger partial charge in [0.05, 0.1) is 26.2 Å². The monoisotopic (exact) mass is 567 g/mol. The number of esters is 2. The van der Waals surface area contributed by atoms with Gasteiger partial charge in [-0.2, -0.15) is 0 Å². The molecule has 1 rings (SSSR count). The average Bonchev–Trinajstić information content (AvgIpc) is 2.84. The molecule has 40 heavy (non-hydrogen) atoms. The zero-order valence-electron chi connectivity index (χ0n) is 24.9. The van der Waals surface area contributed by atoms with E-state index in [2.05, 4.69) is 0 Å². The molecule has 0 amide bonds. The Morgan fingerprint density at radius 1 is 0.825 bits per heavy atom. The van der Waals surface area contributed by atoms with Crippen molar-refractivity contribution in [1.82, 2.24) is 0 Å². The Hall–Kier alpha value is -3.34. The molecule has 1 unspecified atom stereocenters. The average molecular weight is 568 g/mol. The summed E-state index contributed by atoms with van der Waals surface area (Å²) in [5.41, 5.74) is 5.35. The van der Waals surface area contributed by atoms with Crippen molar-refractivity contribution in [2.24, 2.45) is 23.5 Å². The minimum atomic E-state index is -1.58. The summed E-state index contributed by atoms with van der Waals surface area (Å²) in [6.45, 7) is 13.3. The molecule has 0 aliphatic rings. The van der Waals surface area contributed by atoms with Crippen molar-refractivity contribution in [3.63, 3.8) is 0 Å². The van der Waals surface area contributed by atoms with Crippen LogP contribution in [0.15, 0.2) is 18.2 Å². The molecule has 0 spiro atoms. The lowest BCUT2D eigenvalue weighted by Gasteiger charge is -2.29. The molecule has 1 aromatic rings. The molecule has 0 heterocycles. The molecule has 0 bridgehead atoms. The van der Waals surface area contributed by atoms with Crippen LogP contribution in [0.2, 0.25) is 0 Å². The number of methoxy groups -OCH3 is 1. The lowest BCUT2D eigenvalue weighted by atomic mass is 9.86. The molecule has 0 aliphatic carbocycles. The molecule has 0 saturated heterocycles. The van der Waals surface area contributed by atoms with Crippen LogP contribution in [-0.4, -0.2) is 56.2 Å². The molecule has 11 heteroatoms. The fourth-order valence-corrected chi connectivity index (χ4v) is 3.51. The van der Waals surface area contributed by atoms with E-state index < -0.39 is 35.9 Å². The molecule has 11 nitrogen and oxygen atoms in total. The number of nitrogens with two attached hydrogens (primary N) is 1. The van der Waals surface area contributed by atoms with Crippen LogP contribution in [0.3, 0.4) is 0 Å². The predicted molar refractivity (Wildman–Crippen MR) is 147 cm³/mol. The second-order valence-electron chi connectivity index (χ2n) is 11.0. The standard InChI is InChI=1S/C29H45NO10/c1-18(2)11-13-36-27(33)39-23-10-9-22(15-24(23)40-28(34)37-14-12-19(3)4)17-29(30,26(32)35-8)16-21(7)38-25(31)20(5)6/h9-10,15,18-21H,11-14,16-17,30H2,1-8H3/t21?,29-/m1/s1. The Morgan fingerprint density at radius 2 is 1.35 bits per heavy atom. The number of benzene rings is 1. The van der Waals surface area contributed by atoms with E-state index in [1.807, 2.05) is 27.7 Å². The number of carbonyl (C=O) groups is 4. The molecule has 1 aromatic carbocycles. The van der Waals surface area contributed by atoms with Gasteiger partial charge >= 0.3 is 24.2 Å². The van der Waals surface area contributed by atoms with Crippen LogP contribution in [0.1, 0.15) is 73.3 Å². The van der Waals surface area contributed by atoms with Crippen molar-refractivity contribution in [2.45, 2.75) is 85.8 Å². The summed E-state index contributed by atoms with van der Waals surface area (Å²) in [6, 6.07) is 4.37. The molecule has 0 fully saturated rings. The molecule has 0 saturated carbocycles. The minimum Gasteiger partial charge on any atom is -0.468 e. The van der Waals surface area contributed by atoms with E-state index in [0.29, 0.717) is 30.2 Å².